The van der Waals surface area contributed by atoms with Gasteiger partial charge in [0.15, 0.2) is 0 Å². The zero-order valence-corrected chi connectivity index (χ0v) is 14.5. The quantitative estimate of drug-likeness (QED) is 0.868. The number of benzene rings is 2. The van der Waals surface area contributed by atoms with E-state index in [1.165, 1.54) is 0 Å². The molecule has 0 heterocycles. The van der Waals surface area contributed by atoms with Crippen LogP contribution in [0.3, 0.4) is 0 Å². The molecule has 2 aromatic rings. The molecule has 0 aliphatic heterocycles. The SMILES string of the molecule is COc1ccc(C#C/C(=C/c2ccc(OC)cc2)C(C)(C)O)cc1. The van der Waals surface area contributed by atoms with Crippen molar-refractivity contribution in [3.05, 3.63) is 65.2 Å². The molecule has 0 amide bonds. The molecule has 3 heteroatoms. The van der Waals surface area contributed by atoms with Crippen LogP contribution in [0.25, 0.3) is 6.08 Å². The highest BCUT2D eigenvalue weighted by Crippen LogP contribution is 2.20. The molecule has 0 aliphatic rings. The summed E-state index contributed by atoms with van der Waals surface area (Å²) in [5.74, 6) is 7.75. The van der Waals surface area contributed by atoms with Crippen LogP contribution in [0.15, 0.2) is 54.1 Å². The third kappa shape index (κ3) is 4.91. The van der Waals surface area contributed by atoms with E-state index in [1.807, 2.05) is 54.6 Å². The minimum absolute atomic E-state index is 0.642. The molecule has 0 unspecified atom stereocenters. The van der Waals surface area contributed by atoms with Gasteiger partial charge in [-0.2, -0.15) is 0 Å². The van der Waals surface area contributed by atoms with Crippen LogP contribution in [0.1, 0.15) is 25.0 Å². The zero-order valence-electron chi connectivity index (χ0n) is 14.5. The van der Waals surface area contributed by atoms with Crippen molar-refractivity contribution in [3.63, 3.8) is 0 Å². The van der Waals surface area contributed by atoms with Gasteiger partial charge in [-0.3, -0.25) is 0 Å². The molecule has 3 nitrogen and oxygen atoms in total. The minimum atomic E-state index is -1.03. The van der Waals surface area contributed by atoms with Gasteiger partial charge in [0, 0.05) is 11.1 Å². The number of ether oxygens (including phenoxy) is 2. The second-order valence-corrected chi connectivity index (χ2v) is 5.87. The predicted octanol–water partition coefficient (Wildman–Crippen LogP) is 3.91. The van der Waals surface area contributed by atoms with E-state index in [-0.39, 0.29) is 0 Å². The number of rotatable bonds is 4. The second kappa shape index (κ2) is 7.72. The summed E-state index contributed by atoms with van der Waals surface area (Å²) in [5.41, 5.74) is 1.43. The van der Waals surface area contributed by atoms with Crippen molar-refractivity contribution in [2.75, 3.05) is 14.2 Å². The highest BCUT2D eigenvalue weighted by atomic mass is 16.5. The van der Waals surface area contributed by atoms with Crippen LogP contribution in [-0.2, 0) is 0 Å². The Morgan fingerprint density at radius 2 is 1.42 bits per heavy atom. The van der Waals surface area contributed by atoms with Crippen molar-refractivity contribution in [1.29, 1.82) is 0 Å². The maximum Gasteiger partial charge on any atom is 0.118 e. The predicted molar refractivity (Wildman–Crippen MR) is 97.1 cm³/mol. The normalized spacial score (nSPS) is 11.5. The van der Waals surface area contributed by atoms with Crippen LogP contribution in [0.4, 0.5) is 0 Å². The first-order valence-electron chi connectivity index (χ1n) is 7.67. The number of aliphatic hydroxyl groups is 1. The first-order chi connectivity index (χ1) is 11.4. The van der Waals surface area contributed by atoms with Gasteiger partial charge in [0.05, 0.1) is 19.8 Å². The molecular weight excluding hydrogens is 300 g/mol. The van der Waals surface area contributed by atoms with Crippen LogP contribution in [0.5, 0.6) is 11.5 Å². The average Bonchev–Trinajstić information content (AvgIpc) is 2.58. The highest BCUT2D eigenvalue weighted by molar-refractivity contribution is 5.62. The van der Waals surface area contributed by atoms with Crippen molar-refractivity contribution in [3.8, 4) is 23.3 Å². The fraction of sp³-hybridized carbons (Fsp3) is 0.238. The van der Waals surface area contributed by atoms with Gasteiger partial charge in [0.1, 0.15) is 11.5 Å². The fourth-order valence-electron chi connectivity index (χ4n) is 2.05. The maximum atomic E-state index is 10.4. The molecule has 0 saturated carbocycles. The Labute approximate surface area is 143 Å². The van der Waals surface area contributed by atoms with E-state index in [1.54, 1.807) is 28.1 Å². The molecule has 0 spiro atoms. The molecule has 0 aliphatic carbocycles. The number of hydrogen-bond acceptors (Lipinski definition) is 3. The zero-order chi connectivity index (χ0) is 17.6. The van der Waals surface area contributed by atoms with Crippen LogP contribution in [-0.4, -0.2) is 24.9 Å². The topological polar surface area (TPSA) is 38.7 Å². The van der Waals surface area contributed by atoms with E-state index in [2.05, 4.69) is 11.8 Å². The summed E-state index contributed by atoms with van der Waals surface area (Å²) in [5, 5.41) is 10.4. The lowest BCUT2D eigenvalue weighted by atomic mass is 9.96. The van der Waals surface area contributed by atoms with Crippen LogP contribution in [0, 0.1) is 11.8 Å². The van der Waals surface area contributed by atoms with Crippen molar-refractivity contribution in [1.82, 2.24) is 0 Å². The molecule has 24 heavy (non-hydrogen) atoms. The molecular formula is C21H22O3. The molecule has 124 valence electrons. The van der Waals surface area contributed by atoms with E-state index >= 15 is 0 Å². The number of methoxy groups -OCH3 is 2. The molecule has 2 rings (SSSR count). The summed E-state index contributed by atoms with van der Waals surface area (Å²) in [6, 6.07) is 15.1. The standard InChI is InChI=1S/C21H22O3/c1-21(2,22)18(15-17-8-13-20(24-4)14-9-17)10-5-16-6-11-19(23-3)12-7-16/h6-9,11-15,22H,1-4H3/b18-15-. The highest BCUT2D eigenvalue weighted by Gasteiger charge is 2.17. The molecule has 2 aromatic carbocycles. The maximum absolute atomic E-state index is 10.4. The molecule has 0 aromatic heterocycles. The summed E-state index contributed by atoms with van der Waals surface area (Å²) in [6.45, 7) is 3.45. The summed E-state index contributed by atoms with van der Waals surface area (Å²) < 4.78 is 10.3. The Bertz CT molecular complexity index is 752. The van der Waals surface area contributed by atoms with Gasteiger partial charge in [-0.05, 0) is 61.9 Å². The largest absolute Gasteiger partial charge is 0.497 e. The van der Waals surface area contributed by atoms with Crippen molar-refractivity contribution < 1.29 is 14.6 Å². The van der Waals surface area contributed by atoms with E-state index in [0.29, 0.717) is 5.57 Å². The first-order valence-corrected chi connectivity index (χ1v) is 7.67. The smallest absolute Gasteiger partial charge is 0.118 e. The van der Waals surface area contributed by atoms with Crippen molar-refractivity contribution in [2.24, 2.45) is 0 Å². The van der Waals surface area contributed by atoms with Gasteiger partial charge < -0.3 is 14.6 Å². The van der Waals surface area contributed by atoms with E-state index < -0.39 is 5.60 Å². The van der Waals surface area contributed by atoms with Gasteiger partial charge in [0.25, 0.3) is 0 Å². The molecule has 1 N–H and O–H groups in total. The van der Waals surface area contributed by atoms with Gasteiger partial charge >= 0.3 is 0 Å². The summed E-state index contributed by atoms with van der Waals surface area (Å²) in [6.07, 6.45) is 1.88. The monoisotopic (exact) mass is 322 g/mol. The van der Waals surface area contributed by atoms with E-state index in [0.717, 1.165) is 22.6 Å². The van der Waals surface area contributed by atoms with E-state index in [4.69, 9.17) is 9.47 Å². The summed E-state index contributed by atoms with van der Waals surface area (Å²) >= 11 is 0. The average molecular weight is 322 g/mol. The first kappa shape index (κ1) is 17.7. The molecule has 0 bridgehead atoms. The lowest BCUT2D eigenvalue weighted by Crippen LogP contribution is -2.20. The van der Waals surface area contributed by atoms with Crippen LogP contribution >= 0.6 is 0 Å². The lowest BCUT2D eigenvalue weighted by molar-refractivity contribution is 0.126. The van der Waals surface area contributed by atoms with Gasteiger partial charge in [-0.1, -0.05) is 24.0 Å². The van der Waals surface area contributed by atoms with Gasteiger partial charge in [-0.25, -0.2) is 0 Å². The Balaban J connectivity index is 2.31. The summed E-state index contributed by atoms with van der Waals surface area (Å²) in [7, 11) is 3.26. The third-order valence-electron chi connectivity index (χ3n) is 3.52. The minimum Gasteiger partial charge on any atom is -0.497 e. The van der Waals surface area contributed by atoms with Crippen LogP contribution < -0.4 is 9.47 Å². The van der Waals surface area contributed by atoms with Crippen LogP contribution in [0.2, 0.25) is 0 Å². The van der Waals surface area contributed by atoms with Gasteiger partial charge in [0.2, 0.25) is 0 Å². The Morgan fingerprint density at radius 1 is 0.917 bits per heavy atom. The van der Waals surface area contributed by atoms with Crippen molar-refractivity contribution in [2.45, 2.75) is 19.4 Å². The lowest BCUT2D eigenvalue weighted by Gasteiger charge is -2.17. The van der Waals surface area contributed by atoms with Crippen molar-refractivity contribution >= 4 is 6.08 Å². The Hall–Kier alpha value is -2.70. The third-order valence-corrected chi connectivity index (χ3v) is 3.52. The molecule has 0 fully saturated rings. The summed E-state index contributed by atoms with van der Waals surface area (Å²) in [4.78, 5) is 0. The second-order valence-electron chi connectivity index (χ2n) is 5.87. The van der Waals surface area contributed by atoms with E-state index in [9.17, 15) is 5.11 Å². The Kier molecular flexibility index (Phi) is 5.68. The molecule has 0 atom stereocenters. The van der Waals surface area contributed by atoms with Gasteiger partial charge in [-0.15, -0.1) is 0 Å². The Morgan fingerprint density at radius 3 is 1.88 bits per heavy atom. The fourth-order valence-corrected chi connectivity index (χ4v) is 2.05. The molecule has 0 saturated heterocycles. The molecule has 0 radical (unpaired) electrons. The number of hydrogen-bond donors (Lipinski definition) is 1.